The largest absolute Gasteiger partial charge is 0.366 e. The van der Waals surface area contributed by atoms with Gasteiger partial charge in [-0.2, -0.15) is 0 Å². The summed E-state index contributed by atoms with van der Waals surface area (Å²) in [6.07, 6.45) is 5.79. The Morgan fingerprint density at radius 2 is 1.92 bits per heavy atom. The Labute approximate surface area is 145 Å². The number of hydrogen-bond acceptors (Lipinski definition) is 5. The first kappa shape index (κ1) is 15.5. The minimum atomic E-state index is -0.540. The SMILES string of the molecule is CCN(c1c(C(N)=O)nnc2cc(-c3ccncc3)ccc12)C1CC1. The first-order valence-corrected chi connectivity index (χ1v) is 8.46. The minimum absolute atomic E-state index is 0.248. The molecule has 1 aliphatic carbocycles. The van der Waals surface area contributed by atoms with Crippen LogP contribution in [-0.4, -0.2) is 33.7 Å². The zero-order chi connectivity index (χ0) is 17.4. The van der Waals surface area contributed by atoms with Gasteiger partial charge >= 0.3 is 0 Å². The number of anilines is 1. The highest BCUT2D eigenvalue weighted by Gasteiger charge is 2.32. The van der Waals surface area contributed by atoms with Crippen molar-refractivity contribution in [2.75, 3.05) is 11.4 Å². The molecule has 6 heteroatoms. The van der Waals surface area contributed by atoms with Crippen LogP contribution in [0.2, 0.25) is 0 Å². The second-order valence-corrected chi connectivity index (χ2v) is 6.25. The maximum absolute atomic E-state index is 11.9. The number of fused-ring (bicyclic) bond motifs is 1. The lowest BCUT2D eigenvalue weighted by atomic mass is 10.0. The van der Waals surface area contributed by atoms with E-state index < -0.39 is 5.91 Å². The Morgan fingerprint density at radius 3 is 2.56 bits per heavy atom. The average molecular weight is 333 g/mol. The number of benzene rings is 1. The quantitative estimate of drug-likeness (QED) is 0.776. The Kier molecular flexibility index (Phi) is 3.80. The zero-order valence-electron chi connectivity index (χ0n) is 14.0. The molecule has 0 radical (unpaired) electrons. The molecule has 3 aromatic rings. The lowest BCUT2D eigenvalue weighted by Crippen LogP contribution is -2.29. The topological polar surface area (TPSA) is 85.0 Å². The molecule has 1 saturated carbocycles. The second-order valence-electron chi connectivity index (χ2n) is 6.25. The van der Waals surface area contributed by atoms with E-state index >= 15 is 0 Å². The predicted octanol–water partition coefficient (Wildman–Crippen LogP) is 2.78. The van der Waals surface area contributed by atoms with Crippen LogP contribution in [0.5, 0.6) is 0 Å². The van der Waals surface area contributed by atoms with Crippen molar-refractivity contribution in [3.05, 3.63) is 48.4 Å². The normalized spacial score (nSPS) is 13.8. The van der Waals surface area contributed by atoms with Crippen LogP contribution in [0, 0.1) is 0 Å². The molecular weight excluding hydrogens is 314 g/mol. The minimum Gasteiger partial charge on any atom is -0.366 e. The first-order valence-electron chi connectivity index (χ1n) is 8.46. The molecule has 0 unspecified atom stereocenters. The van der Waals surface area contributed by atoms with E-state index in [4.69, 9.17) is 5.73 Å². The summed E-state index contributed by atoms with van der Waals surface area (Å²) in [7, 11) is 0. The Morgan fingerprint density at radius 1 is 1.16 bits per heavy atom. The van der Waals surface area contributed by atoms with Crippen molar-refractivity contribution < 1.29 is 4.79 Å². The smallest absolute Gasteiger partial charge is 0.271 e. The van der Waals surface area contributed by atoms with Crippen LogP contribution in [0.3, 0.4) is 0 Å². The molecule has 0 aliphatic heterocycles. The van der Waals surface area contributed by atoms with Crippen LogP contribution in [-0.2, 0) is 0 Å². The van der Waals surface area contributed by atoms with E-state index in [0.29, 0.717) is 6.04 Å². The fourth-order valence-electron chi connectivity index (χ4n) is 3.26. The standard InChI is InChI=1S/C19H19N5O/c1-2-24(14-4-5-14)18-15-6-3-13(12-7-9-21-10-8-12)11-16(15)22-23-17(18)19(20)25/h3,6-11,14H,2,4-5H2,1H3,(H2,20,25). The molecule has 0 saturated heterocycles. The van der Waals surface area contributed by atoms with Crippen molar-refractivity contribution in [1.29, 1.82) is 0 Å². The molecular formula is C19H19N5O. The number of carbonyl (C=O) groups excluding carboxylic acids is 1. The molecule has 2 heterocycles. The van der Waals surface area contributed by atoms with Crippen LogP contribution >= 0.6 is 0 Å². The Bertz CT molecular complexity index is 937. The number of hydrogen-bond donors (Lipinski definition) is 1. The molecule has 2 N–H and O–H groups in total. The van der Waals surface area contributed by atoms with Gasteiger partial charge in [0.1, 0.15) is 0 Å². The van der Waals surface area contributed by atoms with Crippen molar-refractivity contribution in [3.8, 4) is 11.1 Å². The summed E-state index contributed by atoms with van der Waals surface area (Å²) in [5.74, 6) is -0.540. The lowest BCUT2D eigenvalue weighted by Gasteiger charge is -2.25. The third-order valence-corrected chi connectivity index (χ3v) is 4.60. The number of amides is 1. The van der Waals surface area contributed by atoms with Gasteiger partial charge in [-0.05, 0) is 55.2 Å². The number of rotatable bonds is 5. The summed E-state index contributed by atoms with van der Waals surface area (Å²) in [4.78, 5) is 18.2. The molecule has 1 aromatic carbocycles. The molecule has 2 aromatic heterocycles. The highest BCUT2D eigenvalue weighted by molar-refractivity contribution is 6.05. The van der Waals surface area contributed by atoms with Gasteiger partial charge in [-0.25, -0.2) is 0 Å². The van der Waals surface area contributed by atoms with Gasteiger partial charge in [0.15, 0.2) is 5.69 Å². The Balaban J connectivity index is 1.91. The van der Waals surface area contributed by atoms with Gasteiger partial charge < -0.3 is 10.6 Å². The monoisotopic (exact) mass is 333 g/mol. The third kappa shape index (κ3) is 2.80. The fraction of sp³-hybridized carbons (Fsp3) is 0.263. The van der Waals surface area contributed by atoms with Gasteiger partial charge in [-0.3, -0.25) is 9.78 Å². The summed E-state index contributed by atoms with van der Waals surface area (Å²) in [6, 6.07) is 10.4. The van der Waals surface area contributed by atoms with Gasteiger partial charge in [0, 0.05) is 30.4 Å². The van der Waals surface area contributed by atoms with Gasteiger partial charge in [-0.1, -0.05) is 6.07 Å². The third-order valence-electron chi connectivity index (χ3n) is 4.60. The zero-order valence-corrected chi connectivity index (χ0v) is 14.0. The van der Waals surface area contributed by atoms with Gasteiger partial charge in [-0.15, -0.1) is 10.2 Å². The van der Waals surface area contributed by atoms with E-state index in [1.165, 1.54) is 0 Å². The average Bonchev–Trinajstić information content (AvgIpc) is 3.47. The molecule has 4 rings (SSSR count). The van der Waals surface area contributed by atoms with E-state index in [0.717, 1.165) is 47.1 Å². The molecule has 1 aliphatic rings. The van der Waals surface area contributed by atoms with E-state index in [1.54, 1.807) is 12.4 Å². The van der Waals surface area contributed by atoms with Gasteiger partial charge in [0.05, 0.1) is 11.2 Å². The number of nitrogens with two attached hydrogens (primary N) is 1. The molecule has 0 bridgehead atoms. The maximum Gasteiger partial charge on any atom is 0.271 e. The summed E-state index contributed by atoms with van der Waals surface area (Å²) < 4.78 is 0. The van der Waals surface area contributed by atoms with E-state index in [9.17, 15) is 4.79 Å². The van der Waals surface area contributed by atoms with Crippen molar-refractivity contribution in [1.82, 2.24) is 15.2 Å². The molecule has 1 amide bonds. The molecule has 25 heavy (non-hydrogen) atoms. The highest BCUT2D eigenvalue weighted by Crippen LogP contribution is 2.37. The number of pyridine rings is 1. The van der Waals surface area contributed by atoms with Gasteiger partial charge in [0.25, 0.3) is 5.91 Å². The van der Waals surface area contributed by atoms with Crippen LogP contribution in [0.4, 0.5) is 5.69 Å². The molecule has 1 fully saturated rings. The number of aromatic nitrogens is 3. The number of carbonyl (C=O) groups is 1. The van der Waals surface area contributed by atoms with E-state index in [2.05, 4.69) is 27.0 Å². The first-order chi connectivity index (χ1) is 12.2. The van der Waals surface area contributed by atoms with Crippen molar-refractivity contribution in [2.24, 2.45) is 5.73 Å². The van der Waals surface area contributed by atoms with E-state index in [1.807, 2.05) is 30.3 Å². The van der Waals surface area contributed by atoms with Gasteiger partial charge in [0.2, 0.25) is 0 Å². The molecule has 0 atom stereocenters. The predicted molar refractivity (Wildman–Crippen MR) is 97.3 cm³/mol. The number of nitrogens with zero attached hydrogens (tertiary/aromatic N) is 4. The summed E-state index contributed by atoms with van der Waals surface area (Å²) in [5, 5.41) is 9.31. The summed E-state index contributed by atoms with van der Waals surface area (Å²) >= 11 is 0. The molecule has 6 nitrogen and oxygen atoms in total. The van der Waals surface area contributed by atoms with E-state index in [-0.39, 0.29) is 5.69 Å². The highest BCUT2D eigenvalue weighted by atomic mass is 16.1. The van der Waals surface area contributed by atoms with Crippen molar-refractivity contribution >= 4 is 22.5 Å². The molecule has 0 spiro atoms. The van der Waals surface area contributed by atoms with Crippen LogP contribution in [0.25, 0.3) is 22.0 Å². The van der Waals surface area contributed by atoms with Crippen molar-refractivity contribution in [3.63, 3.8) is 0 Å². The molecule has 126 valence electrons. The van der Waals surface area contributed by atoms with Crippen molar-refractivity contribution in [2.45, 2.75) is 25.8 Å². The summed E-state index contributed by atoms with van der Waals surface area (Å²) in [6.45, 7) is 2.89. The fourth-order valence-corrected chi connectivity index (χ4v) is 3.26. The summed E-state index contributed by atoms with van der Waals surface area (Å²) in [5.41, 5.74) is 9.48. The number of primary amides is 1. The van der Waals surface area contributed by atoms with Crippen LogP contribution in [0.1, 0.15) is 30.3 Å². The van der Waals surface area contributed by atoms with Crippen LogP contribution in [0.15, 0.2) is 42.7 Å². The maximum atomic E-state index is 11.9. The van der Waals surface area contributed by atoms with Crippen LogP contribution < -0.4 is 10.6 Å². The second kappa shape index (κ2) is 6.12. The lowest BCUT2D eigenvalue weighted by molar-refractivity contribution is 0.0995. The Hall–Kier alpha value is -3.02.